The van der Waals surface area contributed by atoms with Gasteiger partial charge in [-0.3, -0.25) is 9.78 Å². The fraction of sp³-hybridized carbons (Fsp3) is 0.235. The molecule has 0 unspecified atom stereocenters. The summed E-state index contributed by atoms with van der Waals surface area (Å²) in [5.41, 5.74) is 1.46. The molecule has 1 heterocycles. The SMILES string of the molecule is CC(C)COc1ccc(NC(=O)c2ccncc2)cc1C#N. The van der Waals surface area contributed by atoms with Gasteiger partial charge in [-0.1, -0.05) is 13.8 Å². The average Bonchev–Trinajstić information content (AvgIpc) is 2.54. The highest BCUT2D eigenvalue weighted by molar-refractivity contribution is 6.04. The minimum Gasteiger partial charge on any atom is -0.492 e. The molecule has 0 aliphatic carbocycles. The topological polar surface area (TPSA) is 75.0 Å². The lowest BCUT2D eigenvalue weighted by Gasteiger charge is -2.11. The first-order valence-corrected chi connectivity index (χ1v) is 6.98. The standard InChI is InChI=1S/C17H17N3O2/c1-12(2)11-22-16-4-3-15(9-14(16)10-18)20-17(21)13-5-7-19-8-6-13/h3-9,12H,11H2,1-2H3,(H,20,21). The van der Waals surface area contributed by atoms with Gasteiger partial charge in [-0.2, -0.15) is 5.26 Å². The van der Waals surface area contributed by atoms with Crippen LogP contribution < -0.4 is 10.1 Å². The number of nitrogens with zero attached hydrogens (tertiary/aromatic N) is 2. The van der Waals surface area contributed by atoms with E-state index in [2.05, 4.69) is 16.4 Å². The van der Waals surface area contributed by atoms with Crippen LogP contribution in [0.2, 0.25) is 0 Å². The van der Waals surface area contributed by atoms with Crippen LogP contribution in [-0.4, -0.2) is 17.5 Å². The van der Waals surface area contributed by atoms with E-state index in [4.69, 9.17) is 4.74 Å². The van der Waals surface area contributed by atoms with Crippen molar-refractivity contribution < 1.29 is 9.53 Å². The molecule has 0 aliphatic rings. The van der Waals surface area contributed by atoms with E-state index in [1.165, 1.54) is 0 Å². The number of benzene rings is 1. The van der Waals surface area contributed by atoms with Gasteiger partial charge in [0, 0.05) is 23.6 Å². The fourth-order valence-electron chi connectivity index (χ4n) is 1.78. The largest absolute Gasteiger partial charge is 0.492 e. The van der Waals surface area contributed by atoms with Crippen LogP contribution in [0.25, 0.3) is 0 Å². The molecule has 112 valence electrons. The zero-order valence-corrected chi connectivity index (χ0v) is 12.5. The molecule has 0 spiro atoms. The Balaban J connectivity index is 2.13. The molecule has 0 saturated carbocycles. The van der Waals surface area contributed by atoms with Crippen LogP contribution in [0.3, 0.4) is 0 Å². The van der Waals surface area contributed by atoms with Crippen molar-refractivity contribution in [3.05, 3.63) is 53.9 Å². The lowest BCUT2D eigenvalue weighted by Crippen LogP contribution is -2.12. The predicted octanol–water partition coefficient (Wildman–Crippen LogP) is 3.24. The Kier molecular flexibility index (Phi) is 5.10. The molecule has 1 N–H and O–H groups in total. The molecule has 5 heteroatoms. The molecular weight excluding hydrogens is 278 g/mol. The van der Waals surface area contributed by atoms with Crippen LogP contribution in [0.5, 0.6) is 5.75 Å². The summed E-state index contributed by atoms with van der Waals surface area (Å²) in [7, 11) is 0. The van der Waals surface area contributed by atoms with Gasteiger partial charge in [-0.15, -0.1) is 0 Å². The van der Waals surface area contributed by atoms with Gasteiger partial charge in [-0.05, 0) is 36.2 Å². The highest BCUT2D eigenvalue weighted by Gasteiger charge is 2.09. The van der Waals surface area contributed by atoms with Crippen LogP contribution in [0.15, 0.2) is 42.7 Å². The average molecular weight is 295 g/mol. The summed E-state index contributed by atoms with van der Waals surface area (Å²) >= 11 is 0. The fourth-order valence-corrected chi connectivity index (χ4v) is 1.78. The van der Waals surface area contributed by atoms with Crippen LogP contribution in [0, 0.1) is 17.2 Å². The van der Waals surface area contributed by atoms with Crippen molar-refractivity contribution in [2.75, 3.05) is 11.9 Å². The van der Waals surface area contributed by atoms with Crippen molar-refractivity contribution >= 4 is 11.6 Å². The van der Waals surface area contributed by atoms with Gasteiger partial charge in [-0.25, -0.2) is 0 Å². The molecule has 0 bridgehead atoms. The Morgan fingerprint density at radius 2 is 2.05 bits per heavy atom. The number of aromatic nitrogens is 1. The van der Waals surface area contributed by atoms with Gasteiger partial charge < -0.3 is 10.1 Å². The van der Waals surface area contributed by atoms with E-state index in [1.807, 2.05) is 13.8 Å². The maximum Gasteiger partial charge on any atom is 0.255 e. The highest BCUT2D eigenvalue weighted by atomic mass is 16.5. The number of carbonyl (C=O) groups is 1. The number of carbonyl (C=O) groups excluding carboxylic acids is 1. The highest BCUT2D eigenvalue weighted by Crippen LogP contribution is 2.23. The van der Waals surface area contributed by atoms with Crippen molar-refractivity contribution in [1.29, 1.82) is 5.26 Å². The van der Waals surface area contributed by atoms with Crippen LogP contribution in [0.1, 0.15) is 29.8 Å². The Hall–Kier alpha value is -2.87. The van der Waals surface area contributed by atoms with Gasteiger partial charge in [0.05, 0.1) is 12.2 Å². The Bertz CT molecular complexity index is 691. The van der Waals surface area contributed by atoms with E-state index in [0.29, 0.717) is 35.1 Å². The summed E-state index contributed by atoms with van der Waals surface area (Å²) in [6.45, 7) is 4.61. The van der Waals surface area contributed by atoms with E-state index < -0.39 is 0 Å². The number of ether oxygens (including phenoxy) is 1. The first-order chi connectivity index (χ1) is 10.6. The van der Waals surface area contributed by atoms with Crippen LogP contribution in [-0.2, 0) is 0 Å². The molecule has 2 rings (SSSR count). The number of anilines is 1. The summed E-state index contributed by atoms with van der Waals surface area (Å²) < 4.78 is 5.59. The number of hydrogen-bond donors (Lipinski definition) is 1. The zero-order chi connectivity index (χ0) is 15.9. The zero-order valence-electron chi connectivity index (χ0n) is 12.5. The first kappa shape index (κ1) is 15.5. The minimum atomic E-state index is -0.248. The molecule has 5 nitrogen and oxygen atoms in total. The normalized spacial score (nSPS) is 10.1. The maximum atomic E-state index is 12.1. The summed E-state index contributed by atoms with van der Waals surface area (Å²) in [6.07, 6.45) is 3.11. The molecule has 0 aliphatic heterocycles. The molecule has 0 atom stereocenters. The van der Waals surface area contributed by atoms with E-state index in [-0.39, 0.29) is 5.91 Å². The summed E-state index contributed by atoms with van der Waals surface area (Å²) in [5, 5.41) is 12.0. The molecule has 1 aromatic heterocycles. The second-order valence-electron chi connectivity index (χ2n) is 5.22. The van der Waals surface area contributed by atoms with Gasteiger partial charge in [0.25, 0.3) is 5.91 Å². The smallest absolute Gasteiger partial charge is 0.255 e. The summed E-state index contributed by atoms with van der Waals surface area (Å²) in [4.78, 5) is 15.9. The van der Waals surface area contributed by atoms with Crippen molar-refractivity contribution in [3.8, 4) is 11.8 Å². The van der Waals surface area contributed by atoms with Crippen LogP contribution in [0.4, 0.5) is 5.69 Å². The van der Waals surface area contributed by atoms with Crippen molar-refractivity contribution in [2.24, 2.45) is 5.92 Å². The molecule has 0 radical (unpaired) electrons. The number of pyridine rings is 1. The minimum absolute atomic E-state index is 0.248. The van der Waals surface area contributed by atoms with Crippen molar-refractivity contribution in [3.63, 3.8) is 0 Å². The van der Waals surface area contributed by atoms with Gasteiger partial charge in [0.2, 0.25) is 0 Å². The van der Waals surface area contributed by atoms with E-state index in [1.54, 1.807) is 42.7 Å². The van der Waals surface area contributed by atoms with Crippen molar-refractivity contribution in [2.45, 2.75) is 13.8 Å². The molecule has 1 amide bonds. The van der Waals surface area contributed by atoms with Gasteiger partial charge >= 0.3 is 0 Å². The molecule has 1 aromatic carbocycles. The second kappa shape index (κ2) is 7.23. The van der Waals surface area contributed by atoms with Gasteiger partial charge in [0.15, 0.2) is 0 Å². The molecule has 22 heavy (non-hydrogen) atoms. The Morgan fingerprint density at radius 3 is 2.68 bits per heavy atom. The summed E-state index contributed by atoms with van der Waals surface area (Å²) in [6, 6.07) is 10.4. The number of amides is 1. The lowest BCUT2D eigenvalue weighted by atomic mass is 10.1. The Labute approximate surface area is 129 Å². The van der Waals surface area contributed by atoms with Gasteiger partial charge in [0.1, 0.15) is 11.8 Å². The molecule has 2 aromatic rings. The van der Waals surface area contributed by atoms with E-state index in [9.17, 15) is 10.1 Å². The number of hydrogen-bond acceptors (Lipinski definition) is 4. The molecular formula is C17H17N3O2. The predicted molar refractivity (Wildman–Crippen MR) is 83.7 cm³/mol. The second-order valence-corrected chi connectivity index (χ2v) is 5.22. The third kappa shape index (κ3) is 4.06. The van der Waals surface area contributed by atoms with Crippen molar-refractivity contribution in [1.82, 2.24) is 4.98 Å². The first-order valence-electron chi connectivity index (χ1n) is 6.98. The molecule has 0 fully saturated rings. The quantitative estimate of drug-likeness (QED) is 0.918. The van der Waals surface area contributed by atoms with E-state index >= 15 is 0 Å². The maximum absolute atomic E-state index is 12.1. The Morgan fingerprint density at radius 1 is 1.32 bits per heavy atom. The van der Waals surface area contributed by atoms with E-state index in [0.717, 1.165) is 0 Å². The third-order valence-corrected chi connectivity index (χ3v) is 2.87. The van der Waals surface area contributed by atoms with Crippen LogP contribution >= 0.6 is 0 Å². The lowest BCUT2D eigenvalue weighted by molar-refractivity contribution is 0.102. The number of nitrogens with one attached hydrogen (secondary N) is 1. The third-order valence-electron chi connectivity index (χ3n) is 2.87. The monoisotopic (exact) mass is 295 g/mol. The molecule has 0 saturated heterocycles. The number of nitriles is 1. The number of rotatable bonds is 5. The summed E-state index contributed by atoms with van der Waals surface area (Å²) in [5.74, 6) is 0.651.